The van der Waals surface area contributed by atoms with Crippen molar-refractivity contribution in [2.45, 2.75) is 32.2 Å². The highest BCUT2D eigenvalue weighted by molar-refractivity contribution is 6.31. The second-order valence-corrected chi connectivity index (χ2v) is 5.74. The van der Waals surface area contributed by atoms with Gasteiger partial charge in [-0.1, -0.05) is 54.9 Å². The summed E-state index contributed by atoms with van der Waals surface area (Å²) < 4.78 is 13.5. The van der Waals surface area contributed by atoms with Gasteiger partial charge in [0.1, 0.15) is 5.82 Å². The number of halogens is 2. The normalized spacial score (nSPS) is 14.1. The minimum atomic E-state index is -0.580. The van der Waals surface area contributed by atoms with Crippen molar-refractivity contribution in [3.8, 4) is 0 Å². The third-order valence-electron chi connectivity index (χ3n) is 3.61. The molecule has 0 amide bonds. The topological polar surface area (TPSA) is 26.0 Å². The molecule has 0 aromatic heterocycles. The average molecular weight is 292 g/mol. The van der Waals surface area contributed by atoms with E-state index >= 15 is 0 Å². The zero-order valence-electron chi connectivity index (χ0n) is 11.8. The highest BCUT2D eigenvalue weighted by Crippen LogP contribution is 2.28. The predicted octanol–water partition coefficient (Wildman–Crippen LogP) is 4.46. The van der Waals surface area contributed by atoms with E-state index in [-0.39, 0.29) is 5.02 Å². The lowest BCUT2D eigenvalue weighted by molar-refractivity contribution is 0.489. The van der Waals surface area contributed by atoms with Gasteiger partial charge in [-0.15, -0.1) is 0 Å². The van der Waals surface area contributed by atoms with Crippen molar-refractivity contribution in [2.75, 3.05) is 0 Å². The van der Waals surface area contributed by atoms with Crippen LogP contribution in [-0.2, 0) is 18.4 Å². The van der Waals surface area contributed by atoms with E-state index in [1.807, 2.05) is 25.1 Å². The molecule has 2 aromatic carbocycles. The first-order valence-electron chi connectivity index (χ1n) is 6.75. The zero-order chi connectivity index (χ0) is 14.8. The molecule has 0 saturated heterocycles. The fraction of sp³-hybridized carbons (Fsp3) is 0.294. The van der Waals surface area contributed by atoms with Gasteiger partial charge in [-0.3, -0.25) is 0 Å². The minimum Gasteiger partial charge on any atom is -0.321 e. The van der Waals surface area contributed by atoms with Gasteiger partial charge in [0.25, 0.3) is 0 Å². The van der Waals surface area contributed by atoms with E-state index in [0.717, 1.165) is 17.5 Å². The fourth-order valence-electron chi connectivity index (χ4n) is 2.30. The molecule has 1 unspecified atom stereocenters. The molecule has 2 aromatic rings. The Hall–Kier alpha value is -1.38. The highest BCUT2D eigenvalue weighted by atomic mass is 35.5. The van der Waals surface area contributed by atoms with Crippen molar-refractivity contribution in [2.24, 2.45) is 5.73 Å². The van der Waals surface area contributed by atoms with Crippen molar-refractivity contribution >= 4 is 11.6 Å². The van der Waals surface area contributed by atoms with Crippen LogP contribution in [0.25, 0.3) is 0 Å². The first-order chi connectivity index (χ1) is 9.44. The Kier molecular flexibility index (Phi) is 4.46. The Balaban J connectivity index is 2.27. The molecule has 0 aliphatic rings. The summed E-state index contributed by atoms with van der Waals surface area (Å²) in [5.74, 6) is -0.402. The maximum atomic E-state index is 13.5. The number of benzene rings is 2. The monoisotopic (exact) mass is 291 g/mol. The molecular weight excluding hydrogens is 273 g/mol. The van der Waals surface area contributed by atoms with Gasteiger partial charge in [-0.2, -0.15) is 0 Å². The van der Waals surface area contributed by atoms with Gasteiger partial charge in [-0.05, 0) is 42.5 Å². The Labute approximate surface area is 124 Å². The Morgan fingerprint density at radius 1 is 1.15 bits per heavy atom. The summed E-state index contributed by atoms with van der Waals surface area (Å²) in [5.41, 5.74) is 8.85. The van der Waals surface area contributed by atoms with Crippen molar-refractivity contribution in [1.29, 1.82) is 0 Å². The molecule has 0 fully saturated rings. The quantitative estimate of drug-likeness (QED) is 0.884. The van der Waals surface area contributed by atoms with E-state index in [2.05, 4.69) is 19.1 Å². The van der Waals surface area contributed by atoms with Crippen LogP contribution in [0.2, 0.25) is 5.02 Å². The van der Waals surface area contributed by atoms with E-state index in [9.17, 15) is 4.39 Å². The zero-order valence-corrected chi connectivity index (χ0v) is 12.5. The molecule has 106 valence electrons. The van der Waals surface area contributed by atoms with Crippen molar-refractivity contribution in [3.63, 3.8) is 0 Å². The highest BCUT2D eigenvalue weighted by Gasteiger charge is 2.23. The van der Waals surface area contributed by atoms with Gasteiger partial charge in [0, 0.05) is 5.54 Å². The van der Waals surface area contributed by atoms with Gasteiger partial charge in [0.05, 0.1) is 5.02 Å². The molecule has 0 saturated carbocycles. The van der Waals surface area contributed by atoms with Gasteiger partial charge in [0.15, 0.2) is 0 Å². The van der Waals surface area contributed by atoms with Crippen LogP contribution in [0.5, 0.6) is 0 Å². The summed E-state index contributed by atoms with van der Waals surface area (Å²) in [6.45, 7) is 4.05. The number of hydrogen-bond donors (Lipinski definition) is 1. The smallest absolute Gasteiger partial charge is 0.142 e. The summed E-state index contributed by atoms with van der Waals surface area (Å²) in [6, 6.07) is 13.1. The summed E-state index contributed by atoms with van der Waals surface area (Å²) in [4.78, 5) is 0. The van der Waals surface area contributed by atoms with Gasteiger partial charge < -0.3 is 5.73 Å². The Bertz CT molecular complexity index is 590. The SMILES string of the molecule is CCc1ccc(C(C)(N)Cc2cccc(F)c2Cl)cc1. The molecule has 2 rings (SSSR count). The molecule has 0 spiro atoms. The lowest BCUT2D eigenvalue weighted by Gasteiger charge is -2.26. The lowest BCUT2D eigenvalue weighted by Crippen LogP contribution is -2.35. The van der Waals surface area contributed by atoms with Crippen LogP contribution >= 0.6 is 11.6 Å². The summed E-state index contributed by atoms with van der Waals surface area (Å²) in [7, 11) is 0. The van der Waals surface area contributed by atoms with Crippen LogP contribution in [0.3, 0.4) is 0 Å². The molecule has 2 N–H and O–H groups in total. The number of hydrogen-bond acceptors (Lipinski definition) is 1. The minimum absolute atomic E-state index is 0.161. The summed E-state index contributed by atoms with van der Waals surface area (Å²) >= 11 is 6.00. The standard InChI is InChI=1S/C17H19ClFN/c1-3-12-7-9-14(10-8-12)17(2,20)11-13-5-4-6-15(19)16(13)18/h4-10H,3,11,20H2,1-2H3. The van der Waals surface area contributed by atoms with E-state index in [4.69, 9.17) is 17.3 Å². The van der Waals surface area contributed by atoms with Crippen LogP contribution in [0.15, 0.2) is 42.5 Å². The molecule has 3 heteroatoms. The molecule has 0 heterocycles. The summed E-state index contributed by atoms with van der Waals surface area (Å²) in [6.07, 6.45) is 1.49. The second-order valence-electron chi connectivity index (χ2n) is 5.36. The van der Waals surface area contributed by atoms with E-state index in [1.165, 1.54) is 11.6 Å². The molecular formula is C17H19ClFN. The number of rotatable bonds is 4. The van der Waals surface area contributed by atoms with Gasteiger partial charge in [0.2, 0.25) is 0 Å². The molecule has 1 atom stereocenters. The van der Waals surface area contributed by atoms with Gasteiger partial charge in [-0.25, -0.2) is 4.39 Å². The average Bonchev–Trinajstić information content (AvgIpc) is 2.44. The lowest BCUT2D eigenvalue weighted by atomic mass is 9.86. The van der Waals surface area contributed by atoms with Crippen molar-refractivity contribution in [3.05, 3.63) is 70.0 Å². The second kappa shape index (κ2) is 5.94. The van der Waals surface area contributed by atoms with Crippen molar-refractivity contribution in [1.82, 2.24) is 0 Å². The van der Waals surface area contributed by atoms with Gasteiger partial charge >= 0.3 is 0 Å². The van der Waals surface area contributed by atoms with Crippen LogP contribution < -0.4 is 5.73 Å². The fourth-order valence-corrected chi connectivity index (χ4v) is 2.50. The number of aryl methyl sites for hydroxylation is 1. The largest absolute Gasteiger partial charge is 0.321 e. The molecule has 1 nitrogen and oxygen atoms in total. The first kappa shape index (κ1) is 15.0. The third-order valence-corrected chi connectivity index (χ3v) is 4.03. The van der Waals surface area contributed by atoms with E-state index in [1.54, 1.807) is 6.07 Å². The molecule has 0 bridgehead atoms. The maximum absolute atomic E-state index is 13.5. The summed E-state index contributed by atoms with van der Waals surface area (Å²) in [5, 5.41) is 0.161. The molecule has 0 aliphatic heterocycles. The van der Waals surface area contributed by atoms with Crippen LogP contribution in [-0.4, -0.2) is 0 Å². The molecule has 0 radical (unpaired) electrons. The Morgan fingerprint density at radius 2 is 1.80 bits per heavy atom. The van der Waals surface area contributed by atoms with E-state index in [0.29, 0.717) is 6.42 Å². The maximum Gasteiger partial charge on any atom is 0.142 e. The van der Waals surface area contributed by atoms with Crippen LogP contribution in [0.4, 0.5) is 4.39 Å². The third kappa shape index (κ3) is 3.20. The molecule has 0 aliphatic carbocycles. The van der Waals surface area contributed by atoms with Crippen molar-refractivity contribution < 1.29 is 4.39 Å². The number of nitrogens with two attached hydrogens (primary N) is 1. The predicted molar refractivity (Wildman–Crippen MR) is 82.5 cm³/mol. The molecule has 20 heavy (non-hydrogen) atoms. The van der Waals surface area contributed by atoms with Crippen LogP contribution in [0, 0.1) is 5.82 Å². The van der Waals surface area contributed by atoms with Crippen LogP contribution in [0.1, 0.15) is 30.5 Å². The first-order valence-corrected chi connectivity index (χ1v) is 7.13. The Morgan fingerprint density at radius 3 is 2.40 bits per heavy atom. The van der Waals surface area contributed by atoms with E-state index < -0.39 is 11.4 Å².